The fourth-order valence-electron chi connectivity index (χ4n) is 3.77. The van der Waals surface area contributed by atoms with Crippen LogP contribution in [0.1, 0.15) is 36.2 Å². The van der Waals surface area contributed by atoms with Crippen molar-refractivity contribution in [3.8, 4) is 0 Å². The van der Waals surface area contributed by atoms with Gasteiger partial charge < -0.3 is 15.1 Å². The van der Waals surface area contributed by atoms with E-state index < -0.39 is 0 Å². The molecule has 0 radical (unpaired) electrons. The molecule has 0 aliphatic carbocycles. The van der Waals surface area contributed by atoms with Gasteiger partial charge in [-0.1, -0.05) is 12.1 Å². The number of nitrogens with one attached hydrogen (secondary N) is 1. The molecule has 0 unspecified atom stereocenters. The van der Waals surface area contributed by atoms with Crippen molar-refractivity contribution in [2.24, 2.45) is 0 Å². The maximum atomic E-state index is 12.7. The number of pyridine rings is 1. The molecule has 4 rings (SSSR count). The van der Waals surface area contributed by atoms with E-state index in [-0.39, 0.29) is 5.91 Å². The maximum Gasteiger partial charge on any atom is 0.274 e. The molecule has 130 valence electrons. The van der Waals surface area contributed by atoms with Gasteiger partial charge in [0.1, 0.15) is 5.69 Å². The van der Waals surface area contributed by atoms with Crippen LogP contribution in [0.2, 0.25) is 0 Å². The number of anilines is 3. The van der Waals surface area contributed by atoms with Crippen molar-refractivity contribution >= 4 is 23.0 Å². The van der Waals surface area contributed by atoms with Crippen LogP contribution in [0.3, 0.4) is 0 Å². The number of carbonyl (C=O) groups excluding carboxylic acids is 1. The first-order chi connectivity index (χ1) is 12.3. The van der Waals surface area contributed by atoms with Crippen LogP contribution >= 0.6 is 0 Å². The molecule has 2 fully saturated rings. The zero-order chi connectivity index (χ0) is 17.1. The summed E-state index contributed by atoms with van der Waals surface area (Å²) in [7, 11) is 0. The quantitative estimate of drug-likeness (QED) is 0.928. The Kier molecular flexibility index (Phi) is 4.55. The van der Waals surface area contributed by atoms with E-state index in [2.05, 4.69) is 38.3 Å². The average Bonchev–Trinajstić information content (AvgIpc) is 3.36. The van der Waals surface area contributed by atoms with Crippen LogP contribution in [0.4, 0.5) is 17.1 Å². The molecule has 5 nitrogen and oxygen atoms in total. The van der Waals surface area contributed by atoms with Crippen molar-refractivity contribution in [3.05, 3.63) is 48.3 Å². The van der Waals surface area contributed by atoms with Gasteiger partial charge in [-0.25, -0.2) is 0 Å². The van der Waals surface area contributed by atoms with Gasteiger partial charge in [0.25, 0.3) is 5.91 Å². The molecule has 5 heteroatoms. The highest BCUT2D eigenvalue weighted by Gasteiger charge is 2.23. The summed E-state index contributed by atoms with van der Waals surface area (Å²) in [5.74, 6) is -0.146. The van der Waals surface area contributed by atoms with E-state index in [9.17, 15) is 4.79 Å². The Morgan fingerprint density at radius 1 is 0.840 bits per heavy atom. The van der Waals surface area contributed by atoms with Gasteiger partial charge in [-0.05, 0) is 49.9 Å². The highest BCUT2D eigenvalue weighted by Crippen LogP contribution is 2.38. The molecular formula is C20H24N4O. The number of benzene rings is 1. The second-order valence-corrected chi connectivity index (χ2v) is 6.73. The number of hydrogen-bond acceptors (Lipinski definition) is 4. The smallest absolute Gasteiger partial charge is 0.274 e. The van der Waals surface area contributed by atoms with Gasteiger partial charge in [-0.2, -0.15) is 0 Å². The van der Waals surface area contributed by atoms with Gasteiger partial charge in [0.2, 0.25) is 0 Å². The van der Waals surface area contributed by atoms with Crippen molar-refractivity contribution in [2.45, 2.75) is 25.7 Å². The molecule has 1 aromatic heterocycles. The third-order valence-electron chi connectivity index (χ3n) is 5.05. The predicted molar refractivity (Wildman–Crippen MR) is 102 cm³/mol. The maximum absolute atomic E-state index is 12.7. The normalized spacial score (nSPS) is 17.1. The van der Waals surface area contributed by atoms with E-state index in [1.165, 1.54) is 25.7 Å². The highest BCUT2D eigenvalue weighted by atomic mass is 16.1. The number of para-hydroxylation sites is 1. The molecule has 0 atom stereocenters. The Labute approximate surface area is 148 Å². The van der Waals surface area contributed by atoms with E-state index in [1.807, 2.05) is 12.1 Å². The van der Waals surface area contributed by atoms with Gasteiger partial charge in [-0.3, -0.25) is 9.78 Å². The third-order valence-corrected chi connectivity index (χ3v) is 5.05. The molecule has 25 heavy (non-hydrogen) atoms. The number of aromatic nitrogens is 1. The van der Waals surface area contributed by atoms with Crippen molar-refractivity contribution < 1.29 is 4.79 Å². The lowest BCUT2D eigenvalue weighted by Crippen LogP contribution is -2.25. The summed E-state index contributed by atoms with van der Waals surface area (Å²) in [5.41, 5.74) is 3.64. The second kappa shape index (κ2) is 7.13. The van der Waals surface area contributed by atoms with Crippen LogP contribution in [0.5, 0.6) is 0 Å². The van der Waals surface area contributed by atoms with Crippen molar-refractivity contribution in [1.29, 1.82) is 0 Å². The molecule has 1 aromatic carbocycles. The molecule has 1 amide bonds. The summed E-state index contributed by atoms with van der Waals surface area (Å²) in [5, 5.41) is 3.16. The summed E-state index contributed by atoms with van der Waals surface area (Å²) in [4.78, 5) is 21.7. The molecule has 3 heterocycles. The molecule has 2 aliphatic rings. The van der Waals surface area contributed by atoms with Gasteiger partial charge in [0.15, 0.2) is 0 Å². The average molecular weight is 336 g/mol. The number of hydrogen-bond donors (Lipinski definition) is 1. The molecule has 2 aliphatic heterocycles. The summed E-state index contributed by atoms with van der Waals surface area (Å²) in [6.07, 6.45) is 6.49. The minimum Gasteiger partial charge on any atom is -0.370 e. The number of amides is 1. The summed E-state index contributed by atoms with van der Waals surface area (Å²) in [6.45, 7) is 4.21. The molecule has 0 saturated carbocycles. The fourth-order valence-corrected chi connectivity index (χ4v) is 3.77. The van der Waals surface area contributed by atoms with E-state index in [1.54, 1.807) is 12.3 Å². The molecule has 0 bridgehead atoms. The van der Waals surface area contributed by atoms with Crippen molar-refractivity contribution in [2.75, 3.05) is 41.3 Å². The van der Waals surface area contributed by atoms with Crippen LogP contribution in [-0.2, 0) is 0 Å². The van der Waals surface area contributed by atoms with E-state index in [4.69, 9.17) is 0 Å². The molecule has 2 saturated heterocycles. The Morgan fingerprint density at radius 3 is 1.96 bits per heavy atom. The molecular weight excluding hydrogens is 312 g/mol. The highest BCUT2D eigenvalue weighted by molar-refractivity contribution is 6.07. The first kappa shape index (κ1) is 15.9. The largest absolute Gasteiger partial charge is 0.370 e. The first-order valence-electron chi connectivity index (χ1n) is 9.18. The first-order valence-corrected chi connectivity index (χ1v) is 9.18. The van der Waals surface area contributed by atoms with Gasteiger partial charge in [0, 0.05) is 32.4 Å². The number of nitrogens with zero attached hydrogens (tertiary/aromatic N) is 3. The van der Waals surface area contributed by atoms with Crippen LogP contribution in [0, 0.1) is 0 Å². The third kappa shape index (κ3) is 3.31. The van der Waals surface area contributed by atoms with Crippen molar-refractivity contribution in [3.63, 3.8) is 0 Å². The van der Waals surface area contributed by atoms with Gasteiger partial charge in [-0.15, -0.1) is 0 Å². The van der Waals surface area contributed by atoms with E-state index in [0.29, 0.717) is 5.69 Å². The minimum absolute atomic E-state index is 0.146. The van der Waals surface area contributed by atoms with E-state index >= 15 is 0 Å². The molecule has 2 aromatic rings. The number of rotatable bonds is 4. The predicted octanol–water partition coefficient (Wildman–Crippen LogP) is 3.53. The Bertz CT molecular complexity index is 700. The summed E-state index contributed by atoms with van der Waals surface area (Å²) < 4.78 is 0. The van der Waals surface area contributed by atoms with Crippen LogP contribution in [0.25, 0.3) is 0 Å². The van der Waals surface area contributed by atoms with Crippen LogP contribution < -0.4 is 15.1 Å². The van der Waals surface area contributed by atoms with Crippen LogP contribution in [0.15, 0.2) is 42.6 Å². The summed E-state index contributed by atoms with van der Waals surface area (Å²) in [6, 6.07) is 11.8. The zero-order valence-electron chi connectivity index (χ0n) is 14.4. The van der Waals surface area contributed by atoms with Crippen molar-refractivity contribution in [1.82, 2.24) is 4.98 Å². The van der Waals surface area contributed by atoms with E-state index in [0.717, 1.165) is 43.2 Å². The number of carbonyl (C=O) groups is 1. The monoisotopic (exact) mass is 336 g/mol. The Hall–Kier alpha value is -2.56. The lowest BCUT2D eigenvalue weighted by atomic mass is 10.1. The summed E-state index contributed by atoms with van der Waals surface area (Å²) >= 11 is 0. The lowest BCUT2D eigenvalue weighted by molar-refractivity contribution is 0.102. The van der Waals surface area contributed by atoms with Crippen LogP contribution in [-0.4, -0.2) is 37.1 Å². The lowest BCUT2D eigenvalue weighted by Gasteiger charge is -2.27. The topological polar surface area (TPSA) is 48.5 Å². The molecule has 1 N–H and O–H groups in total. The standard InChI is InChI=1S/C20H24N4O/c25-20(16-8-1-2-11-21-16)22-19-17(23-12-3-4-13-23)9-7-10-18(19)24-14-5-6-15-24/h1-2,7-11H,3-6,12-15H2,(H,22,25). The van der Waals surface area contributed by atoms with Gasteiger partial charge in [0.05, 0.1) is 17.1 Å². The van der Waals surface area contributed by atoms with Gasteiger partial charge >= 0.3 is 0 Å². The zero-order valence-corrected chi connectivity index (χ0v) is 14.4. The SMILES string of the molecule is O=C(Nc1c(N2CCCC2)cccc1N1CCCC1)c1ccccn1. The Balaban J connectivity index is 1.70. The Morgan fingerprint density at radius 2 is 1.44 bits per heavy atom. The second-order valence-electron chi connectivity index (χ2n) is 6.73. The minimum atomic E-state index is -0.146. The molecule has 0 spiro atoms. The fraction of sp³-hybridized carbons (Fsp3) is 0.400.